The third kappa shape index (κ3) is 2.53. The maximum atomic E-state index is 13.1. The summed E-state index contributed by atoms with van der Waals surface area (Å²) in [5.74, 6) is 0.484. The van der Waals surface area contributed by atoms with E-state index in [1.54, 1.807) is 0 Å². The number of nitrogens with zero attached hydrogens (tertiary/aromatic N) is 2. The Morgan fingerprint density at radius 2 is 2.17 bits per heavy atom. The highest BCUT2D eigenvalue weighted by Crippen LogP contribution is 2.34. The maximum absolute atomic E-state index is 13.1. The van der Waals surface area contributed by atoms with E-state index < -0.39 is 0 Å². The number of H-pyrrole nitrogens is 1. The minimum Gasteiger partial charge on any atom is -0.334 e. The molecule has 1 aromatic carbocycles. The maximum Gasteiger partial charge on any atom is 0.274 e. The van der Waals surface area contributed by atoms with Crippen molar-refractivity contribution in [3.05, 3.63) is 52.3 Å². The van der Waals surface area contributed by atoms with E-state index in [0.29, 0.717) is 11.6 Å². The van der Waals surface area contributed by atoms with E-state index in [9.17, 15) is 4.79 Å². The van der Waals surface area contributed by atoms with Gasteiger partial charge in [-0.3, -0.25) is 9.89 Å². The topological polar surface area (TPSA) is 61.0 Å². The molecule has 0 saturated carbocycles. The smallest absolute Gasteiger partial charge is 0.274 e. The van der Waals surface area contributed by atoms with Crippen LogP contribution in [0.1, 0.15) is 52.1 Å². The molecule has 5 nitrogen and oxygen atoms in total. The van der Waals surface area contributed by atoms with Crippen molar-refractivity contribution < 1.29 is 4.79 Å². The fourth-order valence-corrected chi connectivity index (χ4v) is 4.12. The molecule has 1 fully saturated rings. The second kappa shape index (κ2) is 6.06. The Balaban J connectivity index is 1.57. The number of carbonyl (C=O) groups excluding carboxylic acids is 1. The van der Waals surface area contributed by atoms with Gasteiger partial charge < -0.3 is 10.2 Å². The number of hydrogen-bond donors (Lipinski definition) is 2. The molecule has 4 rings (SSSR count). The Labute approximate surface area is 142 Å². The molecule has 0 radical (unpaired) electrons. The van der Waals surface area contributed by atoms with Gasteiger partial charge in [0.15, 0.2) is 5.69 Å². The predicted molar refractivity (Wildman–Crippen MR) is 93.0 cm³/mol. The quantitative estimate of drug-likeness (QED) is 0.891. The molecule has 1 saturated heterocycles. The fourth-order valence-electron chi connectivity index (χ4n) is 4.12. The molecule has 5 heteroatoms. The van der Waals surface area contributed by atoms with E-state index in [2.05, 4.69) is 53.6 Å². The average molecular weight is 324 g/mol. The Morgan fingerprint density at radius 1 is 1.33 bits per heavy atom. The van der Waals surface area contributed by atoms with Crippen molar-refractivity contribution >= 4 is 5.91 Å². The number of aromatic nitrogens is 2. The van der Waals surface area contributed by atoms with Crippen molar-refractivity contribution in [3.63, 3.8) is 0 Å². The number of benzene rings is 1. The van der Waals surface area contributed by atoms with Gasteiger partial charge in [-0.15, -0.1) is 0 Å². The second-order valence-corrected chi connectivity index (χ2v) is 7.05. The molecule has 126 valence electrons. The van der Waals surface area contributed by atoms with Gasteiger partial charge in [-0.25, -0.2) is 0 Å². The number of carbonyl (C=O) groups is 1. The summed E-state index contributed by atoms with van der Waals surface area (Å²) in [6, 6.07) is 8.75. The van der Waals surface area contributed by atoms with Gasteiger partial charge in [-0.2, -0.15) is 5.10 Å². The third-order valence-electron chi connectivity index (χ3n) is 5.47. The SMILES string of the molecule is Cc1ccccc1C1CC(C)N(C(=O)c2n[nH]c3c2CNCC3)C1. The molecule has 0 aliphatic carbocycles. The first-order valence-electron chi connectivity index (χ1n) is 8.78. The molecule has 2 atom stereocenters. The summed E-state index contributed by atoms with van der Waals surface area (Å²) >= 11 is 0. The summed E-state index contributed by atoms with van der Waals surface area (Å²) in [7, 11) is 0. The van der Waals surface area contributed by atoms with Gasteiger partial charge in [0.25, 0.3) is 5.91 Å². The zero-order chi connectivity index (χ0) is 16.7. The van der Waals surface area contributed by atoms with Gasteiger partial charge >= 0.3 is 0 Å². The van der Waals surface area contributed by atoms with Crippen molar-refractivity contribution in [3.8, 4) is 0 Å². The van der Waals surface area contributed by atoms with Gasteiger partial charge in [0, 0.05) is 49.3 Å². The van der Waals surface area contributed by atoms with Crippen LogP contribution in [0.2, 0.25) is 0 Å². The first kappa shape index (κ1) is 15.4. The van der Waals surface area contributed by atoms with Crippen LogP contribution in [0.3, 0.4) is 0 Å². The highest BCUT2D eigenvalue weighted by Gasteiger charge is 2.36. The Bertz CT molecular complexity index is 766. The Morgan fingerprint density at radius 3 is 3.00 bits per heavy atom. The average Bonchev–Trinajstić information content (AvgIpc) is 3.18. The normalized spacial score (nSPS) is 23.3. The zero-order valence-electron chi connectivity index (χ0n) is 14.3. The Hall–Kier alpha value is -2.14. The number of hydrogen-bond acceptors (Lipinski definition) is 3. The lowest BCUT2D eigenvalue weighted by molar-refractivity contribution is 0.0738. The number of likely N-dealkylation sites (tertiary alicyclic amines) is 1. The van der Waals surface area contributed by atoms with Crippen LogP contribution < -0.4 is 5.32 Å². The fraction of sp³-hybridized carbons (Fsp3) is 0.474. The van der Waals surface area contributed by atoms with Crippen molar-refractivity contribution in [2.45, 2.75) is 45.2 Å². The van der Waals surface area contributed by atoms with Crippen LogP contribution in [0.15, 0.2) is 24.3 Å². The first-order valence-corrected chi connectivity index (χ1v) is 8.78. The summed E-state index contributed by atoms with van der Waals surface area (Å²) < 4.78 is 0. The third-order valence-corrected chi connectivity index (χ3v) is 5.47. The summed E-state index contributed by atoms with van der Waals surface area (Å²) in [6.07, 6.45) is 1.93. The molecule has 2 aromatic rings. The number of aromatic amines is 1. The molecule has 24 heavy (non-hydrogen) atoms. The molecule has 2 aliphatic heterocycles. The molecule has 1 aromatic heterocycles. The number of aryl methyl sites for hydroxylation is 1. The lowest BCUT2D eigenvalue weighted by Crippen LogP contribution is -2.35. The molecule has 1 amide bonds. The van der Waals surface area contributed by atoms with Crippen molar-refractivity contribution in [1.29, 1.82) is 0 Å². The molecule has 2 unspecified atom stereocenters. The lowest BCUT2D eigenvalue weighted by atomic mass is 9.93. The van der Waals surface area contributed by atoms with Crippen LogP contribution in [0, 0.1) is 6.92 Å². The van der Waals surface area contributed by atoms with Crippen molar-refractivity contribution in [2.24, 2.45) is 0 Å². The minimum absolute atomic E-state index is 0.0692. The van der Waals surface area contributed by atoms with E-state index in [0.717, 1.165) is 43.7 Å². The molecule has 2 N–H and O–H groups in total. The first-order chi connectivity index (χ1) is 11.6. The molecule has 3 heterocycles. The number of fused-ring (bicyclic) bond motifs is 1. The minimum atomic E-state index is 0.0692. The van der Waals surface area contributed by atoms with Crippen molar-refractivity contribution in [1.82, 2.24) is 20.4 Å². The molecule has 0 bridgehead atoms. The zero-order valence-corrected chi connectivity index (χ0v) is 14.3. The summed E-state index contributed by atoms with van der Waals surface area (Å²) in [4.78, 5) is 15.1. The number of rotatable bonds is 2. The van der Waals surface area contributed by atoms with Gasteiger partial charge in [-0.1, -0.05) is 24.3 Å². The summed E-state index contributed by atoms with van der Waals surface area (Å²) in [6.45, 7) is 6.75. The van der Waals surface area contributed by atoms with E-state index in [1.807, 2.05) is 4.90 Å². The van der Waals surface area contributed by atoms with Crippen LogP contribution in [-0.4, -0.2) is 40.1 Å². The van der Waals surface area contributed by atoms with Crippen LogP contribution in [0.4, 0.5) is 0 Å². The summed E-state index contributed by atoms with van der Waals surface area (Å²) in [5, 5.41) is 10.7. The molecular formula is C19H24N4O. The van der Waals surface area contributed by atoms with Gasteiger partial charge in [-0.05, 0) is 31.4 Å². The van der Waals surface area contributed by atoms with E-state index >= 15 is 0 Å². The van der Waals surface area contributed by atoms with Crippen LogP contribution >= 0.6 is 0 Å². The summed E-state index contributed by atoms with van der Waals surface area (Å²) in [5.41, 5.74) is 5.45. The predicted octanol–water partition coefficient (Wildman–Crippen LogP) is 2.38. The molecular weight excluding hydrogens is 300 g/mol. The number of nitrogens with one attached hydrogen (secondary N) is 2. The van der Waals surface area contributed by atoms with Crippen molar-refractivity contribution in [2.75, 3.05) is 13.1 Å². The molecule has 2 aliphatic rings. The molecule has 0 spiro atoms. The monoisotopic (exact) mass is 324 g/mol. The van der Waals surface area contributed by atoms with Gasteiger partial charge in [0.05, 0.1) is 0 Å². The van der Waals surface area contributed by atoms with E-state index in [4.69, 9.17) is 0 Å². The van der Waals surface area contributed by atoms with Crippen LogP contribution in [0.25, 0.3) is 0 Å². The largest absolute Gasteiger partial charge is 0.334 e. The lowest BCUT2D eigenvalue weighted by Gasteiger charge is -2.22. The van der Waals surface area contributed by atoms with Gasteiger partial charge in [0.2, 0.25) is 0 Å². The standard InChI is InChI=1S/C19H24N4O/c1-12-5-3-4-6-15(12)14-9-13(2)23(11-14)19(24)18-16-10-20-8-7-17(16)21-22-18/h3-6,13-14,20H,7-11H2,1-2H3,(H,21,22). The van der Waals surface area contributed by atoms with Crippen LogP contribution in [-0.2, 0) is 13.0 Å². The van der Waals surface area contributed by atoms with E-state index in [1.165, 1.54) is 11.1 Å². The highest BCUT2D eigenvalue weighted by molar-refractivity contribution is 5.94. The highest BCUT2D eigenvalue weighted by atomic mass is 16.2. The second-order valence-electron chi connectivity index (χ2n) is 7.05. The van der Waals surface area contributed by atoms with Gasteiger partial charge in [0.1, 0.15) is 0 Å². The van der Waals surface area contributed by atoms with E-state index in [-0.39, 0.29) is 11.9 Å². The Kier molecular flexibility index (Phi) is 3.88. The number of amides is 1. The van der Waals surface area contributed by atoms with Crippen LogP contribution in [0.5, 0.6) is 0 Å².